The van der Waals surface area contributed by atoms with E-state index in [-0.39, 0.29) is 22.7 Å². The molecular weight excluding hydrogens is 425 g/mol. The smallest absolute Gasteiger partial charge is 0.465 e. The van der Waals surface area contributed by atoms with Gasteiger partial charge in [0.25, 0.3) is 0 Å². The molecule has 1 heterocycles. The van der Waals surface area contributed by atoms with E-state index in [9.17, 15) is 23.1 Å². The largest absolute Gasteiger partial charge is 0.573 e. The van der Waals surface area contributed by atoms with E-state index in [1.165, 1.54) is 19.1 Å². The van der Waals surface area contributed by atoms with Crippen molar-refractivity contribution in [2.45, 2.75) is 26.3 Å². The number of alkyl halides is 3. The van der Waals surface area contributed by atoms with Gasteiger partial charge in [0.2, 0.25) is 0 Å². The Morgan fingerprint density at radius 3 is 2.57 bits per heavy atom. The van der Waals surface area contributed by atoms with Gasteiger partial charge in [-0.3, -0.25) is 4.90 Å². The van der Waals surface area contributed by atoms with Crippen molar-refractivity contribution in [3.63, 3.8) is 0 Å². The van der Waals surface area contributed by atoms with Crippen LogP contribution in [0.4, 0.5) is 23.7 Å². The number of aryl methyl sites for hydroxylation is 1. The average Bonchev–Trinajstić information content (AvgIpc) is 3.02. The van der Waals surface area contributed by atoms with Gasteiger partial charge in [0.1, 0.15) is 17.1 Å². The van der Waals surface area contributed by atoms with Crippen LogP contribution in [0.3, 0.4) is 0 Å². The lowest BCUT2D eigenvalue weighted by atomic mass is 10.0. The Labute approximate surface area is 174 Å². The minimum Gasteiger partial charge on any atom is -0.465 e. The van der Waals surface area contributed by atoms with Crippen molar-refractivity contribution < 1.29 is 32.3 Å². The molecule has 1 atom stereocenters. The van der Waals surface area contributed by atoms with Crippen LogP contribution in [0.15, 0.2) is 53.1 Å². The second-order valence-electron chi connectivity index (χ2n) is 6.37. The summed E-state index contributed by atoms with van der Waals surface area (Å²) < 4.78 is 46.9. The van der Waals surface area contributed by atoms with Crippen LogP contribution in [0.1, 0.15) is 24.2 Å². The number of benzene rings is 2. The van der Waals surface area contributed by atoms with E-state index in [1.807, 2.05) is 0 Å². The van der Waals surface area contributed by atoms with Crippen LogP contribution in [-0.2, 0) is 0 Å². The zero-order valence-electron chi connectivity index (χ0n) is 15.8. The summed E-state index contributed by atoms with van der Waals surface area (Å²) in [7, 11) is 0. The molecule has 2 aromatic carbocycles. The molecule has 30 heavy (non-hydrogen) atoms. The van der Waals surface area contributed by atoms with E-state index in [4.69, 9.17) is 16.1 Å². The Hall–Kier alpha value is -3.20. The van der Waals surface area contributed by atoms with E-state index in [0.717, 1.165) is 17.0 Å². The minimum absolute atomic E-state index is 0.0126. The molecule has 0 aliphatic rings. The van der Waals surface area contributed by atoms with E-state index in [1.54, 1.807) is 31.2 Å². The first-order valence-electron chi connectivity index (χ1n) is 8.67. The number of carboxylic acid groups (broad SMARTS) is 1. The molecule has 0 spiro atoms. The van der Waals surface area contributed by atoms with Crippen LogP contribution >= 0.6 is 11.6 Å². The third kappa shape index (κ3) is 4.51. The van der Waals surface area contributed by atoms with Crippen LogP contribution < -0.4 is 9.64 Å². The van der Waals surface area contributed by atoms with Crippen molar-refractivity contribution in [3.8, 4) is 17.1 Å². The Morgan fingerprint density at radius 1 is 1.23 bits per heavy atom. The predicted octanol–water partition coefficient (Wildman–Crippen LogP) is 6.45. The molecule has 1 unspecified atom stereocenters. The van der Waals surface area contributed by atoms with Crippen molar-refractivity contribution >= 4 is 23.4 Å². The summed E-state index contributed by atoms with van der Waals surface area (Å²) >= 11 is 6.23. The second kappa shape index (κ2) is 8.27. The molecule has 1 amide bonds. The first-order chi connectivity index (χ1) is 14.1. The van der Waals surface area contributed by atoms with Crippen molar-refractivity contribution in [1.82, 2.24) is 5.16 Å². The summed E-state index contributed by atoms with van der Waals surface area (Å²) in [6, 6.07) is 11.0. The highest BCUT2D eigenvalue weighted by Crippen LogP contribution is 2.40. The number of rotatable bonds is 5. The van der Waals surface area contributed by atoms with Gasteiger partial charge < -0.3 is 14.4 Å². The fourth-order valence-electron chi connectivity index (χ4n) is 3.08. The fourth-order valence-corrected chi connectivity index (χ4v) is 3.37. The van der Waals surface area contributed by atoms with Gasteiger partial charge in [0.15, 0.2) is 5.76 Å². The maximum Gasteiger partial charge on any atom is 0.573 e. The highest BCUT2D eigenvalue weighted by Gasteiger charge is 2.33. The van der Waals surface area contributed by atoms with Gasteiger partial charge in [-0.2, -0.15) is 0 Å². The molecule has 3 rings (SSSR count). The topological polar surface area (TPSA) is 75.8 Å². The van der Waals surface area contributed by atoms with E-state index in [2.05, 4.69) is 9.89 Å². The molecule has 10 heteroatoms. The molecule has 6 nitrogen and oxygen atoms in total. The maximum atomic E-state index is 12.6. The molecule has 158 valence electrons. The molecule has 0 aliphatic heterocycles. The zero-order chi connectivity index (χ0) is 22.1. The Balaban J connectivity index is 2.09. The summed E-state index contributed by atoms with van der Waals surface area (Å²) in [6.07, 6.45) is -6.18. The van der Waals surface area contributed by atoms with Gasteiger partial charge >= 0.3 is 12.5 Å². The molecular formula is C20H16ClF3N2O4. The van der Waals surface area contributed by atoms with Crippen molar-refractivity contribution in [3.05, 3.63) is 64.8 Å². The van der Waals surface area contributed by atoms with Crippen LogP contribution in [0.2, 0.25) is 5.02 Å². The Morgan fingerprint density at radius 2 is 1.93 bits per heavy atom. The highest BCUT2D eigenvalue weighted by atomic mass is 35.5. The van der Waals surface area contributed by atoms with Crippen molar-refractivity contribution in [1.29, 1.82) is 0 Å². The van der Waals surface area contributed by atoms with Crippen LogP contribution in [-0.4, -0.2) is 22.7 Å². The monoisotopic (exact) mass is 440 g/mol. The number of hydrogen-bond donors (Lipinski definition) is 1. The van der Waals surface area contributed by atoms with Gasteiger partial charge in [0, 0.05) is 10.6 Å². The summed E-state index contributed by atoms with van der Waals surface area (Å²) in [6.45, 7) is 3.17. The summed E-state index contributed by atoms with van der Waals surface area (Å²) in [5.41, 5.74) is 1.06. The van der Waals surface area contributed by atoms with E-state index < -0.39 is 24.2 Å². The molecule has 0 saturated carbocycles. The number of amides is 1. The number of aromatic nitrogens is 1. The average molecular weight is 441 g/mol. The van der Waals surface area contributed by atoms with Gasteiger partial charge in [-0.15, -0.1) is 13.2 Å². The van der Waals surface area contributed by atoms with Crippen LogP contribution in [0.5, 0.6) is 5.75 Å². The van der Waals surface area contributed by atoms with Crippen LogP contribution in [0, 0.1) is 6.92 Å². The number of carbonyl (C=O) groups is 1. The summed E-state index contributed by atoms with van der Waals surface area (Å²) in [4.78, 5) is 13.2. The lowest BCUT2D eigenvalue weighted by molar-refractivity contribution is -0.274. The lowest BCUT2D eigenvalue weighted by Crippen LogP contribution is -2.33. The number of ether oxygens (including phenoxy) is 1. The molecule has 1 aromatic heterocycles. The predicted molar refractivity (Wildman–Crippen MR) is 104 cm³/mol. The van der Waals surface area contributed by atoms with Gasteiger partial charge in [0.05, 0.1) is 6.04 Å². The van der Waals surface area contributed by atoms with Crippen molar-refractivity contribution in [2.75, 3.05) is 4.90 Å². The molecule has 0 saturated heterocycles. The maximum absolute atomic E-state index is 12.6. The third-order valence-electron chi connectivity index (χ3n) is 4.35. The lowest BCUT2D eigenvalue weighted by Gasteiger charge is -2.27. The number of nitrogens with zero attached hydrogens (tertiary/aromatic N) is 2. The fraction of sp³-hybridized carbons (Fsp3) is 0.200. The SMILES string of the molecule is Cc1noc(-c2cccc(OC(F)(F)F)c2)c1N(C(=O)O)C(C)c1ccccc1Cl. The quantitative estimate of drug-likeness (QED) is 0.493. The van der Waals surface area contributed by atoms with Gasteiger partial charge in [-0.05, 0) is 37.6 Å². The number of halogens is 4. The number of hydrogen-bond acceptors (Lipinski definition) is 4. The zero-order valence-corrected chi connectivity index (χ0v) is 16.5. The van der Waals surface area contributed by atoms with Gasteiger partial charge in [-0.1, -0.05) is 47.1 Å². The number of anilines is 1. The molecule has 0 bridgehead atoms. The van der Waals surface area contributed by atoms with Gasteiger partial charge in [-0.25, -0.2) is 4.79 Å². The molecule has 1 N–H and O–H groups in total. The highest BCUT2D eigenvalue weighted by molar-refractivity contribution is 6.31. The van der Waals surface area contributed by atoms with Crippen molar-refractivity contribution in [2.24, 2.45) is 0 Å². The van der Waals surface area contributed by atoms with E-state index in [0.29, 0.717) is 10.6 Å². The third-order valence-corrected chi connectivity index (χ3v) is 4.70. The molecule has 3 aromatic rings. The normalized spacial score (nSPS) is 12.5. The first-order valence-corrected chi connectivity index (χ1v) is 9.05. The molecule has 0 radical (unpaired) electrons. The standard InChI is InChI=1S/C20H16ClF3N2O4/c1-11-17(26(19(27)28)12(2)15-8-3-4-9-16(15)21)18(30-25-11)13-6-5-7-14(10-13)29-20(22,23)24/h3-10,12H,1-2H3,(H,27,28). The van der Waals surface area contributed by atoms with Crippen LogP contribution in [0.25, 0.3) is 11.3 Å². The molecule has 0 aliphatic carbocycles. The first kappa shape index (κ1) is 21.5. The second-order valence-corrected chi connectivity index (χ2v) is 6.78. The minimum atomic E-state index is -4.87. The van der Waals surface area contributed by atoms with E-state index >= 15 is 0 Å². The molecule has 0 fully saturated rings. The summed E-state index contributed by atoms with van der Waals surface area (Å²) in [5, 5.41) is 14.1. The Bertz CT molecular complexity index is 1070. The Kier molecular flexibility index (Phi) is 5.93. The summed E-state index contributed by atoms with van der Waals surface area (Å²) in [5.74, 6) is -0.484.